The van der Waals surface area contributed by atoms with Crippen molar-refractivity contribution in [2.24, 2.45) is 9.98 Å². The first kappa shape index (κ1) is 10.4. The van der Waals surface area contributed by atoms with Gasteiger partial charge in [0.25, 0.3) is 0 Å². The predicted octanol–water partition coefficient (Wildman–Crippen LogP) is 3.17. The number of nitrogens with zero attached hydrogens (tertiary/aromatic N) is 2. The largest absolute Gasteiger partial charge is 0.250 e. The van der Waals surface area contributed by atoms with E-state index in [4.69, 9.17) is 0 Å². The summed E-state index contributed by atoms with van der Waals surface area (Å²) in [5.41, 5.74) is 2.29. The molecular weight excluding hydrogens is 172 g/mol. The summed E-state index contributed by atoms with van der Waals surface area (Å²) < 4.78 is 0. The Morgan fingerprint density at radius 1 is 1.21 bits per heavy atom. The van der Waals surface area contributed by atoms with Gasteiger partial charge in [0, 0.05) is 6.20 Å². The lowest BCUT2D eigenvalue weighted by Crippen LogP contribution is -1.82. The van der Waals surface area contributed by atoms with Crippen molar-refractivity contribution in [1.82, 2.24) is 0 Å². The molecule has 0 amide bonds. The van der Waals surface area contributed by atoms with E-state index in [1.807, 2.05) is 32.0 Å². The average Bonchev–Trinajstić information content (AvgIpc) is 2.26. The van der Waals surface area contributed by atoms with Crippen LogP contribution in [0.25, 0.3) is 5.57 Å². The van der Waals surface area contributed by atoms with Crippen molar-refractivity contribution >= 4 is 18.1 Å². The zero-order valence-corrected chi connectivity index (χ0v) is 8.57. The molecule has 0 unspecified atom stereocenters. The third-order valence-corrected chi connectivity index (χ3v) is 1.90. The summed E-state index contributed by atoms with van der Waals surface area (Å²) in [5.74, 6) is 0.681. The van der Waals surface area contributed by atoms with Gasteiger partial charge in [0.1, 0.15) is 5.84 Å². The monoisotopic (exact) mass is 186 g/mol. The summed E-state index contributed by atoms with van der Waals surface area (Å²) >= 11 is 0. The van der Waals surface area contributed by atoms with Gasteiger partial charge in [0.2, 0.25) is 0 Å². The van der Waals surface area contributed by atoms with Crippen LogP contribution < -0.4 is 0 Å². The highest BCUT2D eigenvalue weighted by atomic mass is 14.9. The van der Waals surface area contributed by atoms with E-state index in [1.165, 1.54) is 5.56 Å². The third kappa shape index (κ3) is 2.98. The lowest BCUT2D eigenvalue weighted by molar-refractivity contribution is 1.44. The highest BCUT2D eigenvalue weighted by Crippen LogP contribution is 2.12. The summed E-state index contributed by atoms with van der Waals surface area (Å²) in [7, 11) is 0. The summed E-state index contributed by atoms with van der Waals surface area (Å²) in [5, 5.41) is 0. The molecule has 1 rings (SSSR count). The van der Waals surface area contributed by atoms with Crippen LogP contribution in [0.4, 0.5) is 0 Å². The molecule has 0 saturated carbocycles. The number of aliphatic imine (C=N–C) groups is 2. The molecule has 0 N–H and O–H groups in total. The Bertz CT molecular complexity index is 361. The van der Waals surface area contributed by atoms with Gasteiger partial charge >= 0.3 is 0 Å². The van der Waals surface area contributed by atoms with Crippen LogP contribution in [-0.4, -0.2) is 12.6 Å². The number of hydrogen-bond donors (Lipinski definition) is 0. The van der Waals surface area contributed by atoms with Crippen molar-refractivity contribution in [1.29, 1.82) is 0 Å². The van der Waals surface area contributed by atoms with Crippen LogP contribution in [0.15, 0.2) is 46.5 Å². The van der Waals surface area contributed by atoms with Gasteiger partial charge in [-0.3, -0.25) is 0 Å². The maximum atomic E-state index is 4.14. The van der Waals surface area contributed by atoms with Gasteiger partial charge in [-0.25, -0.2) is 9.98 Å². The molecule has 0 saturated heterocycles. The first-order valence-electron chi connectivity index (χ1n) is 4.47. The van der Waals surface area contributed by atoms with Crippen LogP contribution in [0.1, 0.15) is 19.4 Å². The van der Waals surface area contributed by atoms with Gasteiger partial charge in [-0.15, -0.1) is 0 Å². The van der Waals surface area contributed by atoms with E-state index in [1.54, 1.807) is 6.20 Å². The van der Waals surface area contributed by atoms with E-state index in [2.05, 4.69) is 28.8 Å². The number of allylic oxidation sites excluding steroid dienone is 1. The van der Waals surface area contributed by atoms with Crippen molar-refractivity contribution in [2.75, 3.05) is 0 Å². The Morgan fingerprint density at radius 3 is 2.43 bits per heavy atom. The summed E-state index contributed by atoms with van der Waals surface area (Å²) in [6, 6.07) is 10.1. The Morgan fingerprint density at radius 2 is 1.86 bits per heavy atom. The van der Waals surface area contributed by atoms with Crippen molar-refractivity contribution in [3.05, 3.63) is 42.1 Å². The zero-order valence-electron chi connectivity index (χ0n) is 8.57. The number of rotatable bonds is 2. The molecule has 2 heteroatoms. The van der Waals surface area contributed by atoms with E-state index < -0.39 is 0 Å². The maximum Gasteiger partial charge on any atom is 0.124 e. The molecule has 0 spiro atoms. The molecule has 0 fully saturated rings. The molecule has 72 valence electrons. The SMILES string of the molecule is C=NC(C)=N/C=C(\C)c1ccccc1. The van der Waals surface area contributed by atoms with Gasteiger partial charge in [-0.2, -0.15) is 0 Å². The summed E-state index contributed by atoms with van der Waals surface area (Å²) in [6.07, 6.45) is 1.80. The number of benzene rings is 1. The molecule has 0 aliphatic heterocycles. The van der Waals surface area contributed by atoms with E-state index in [-0.39, 0.29) is 0 Å². The fourth-order valence-corrected chi connectivity index (χ4v) is 1.01. The molecule has 0 heterocycles. The van der Waals surface area contributed by atoms with Crippen molar-refractivity contribution in [3.8, 4) is 0 Å². The van der Waals surface area contributed by atoms with Gasteiger partial charge in [0.05, 0.1) is 0 Å². The Hall–Kier alpha value is -1.70. The van der Waals surface area contributed by atoms with E-state index in [0.29, 0.717) is 5.84 Å². The molecule has 0 radical (unpaired) electrons. The molecular formula is C12H14N2. The minimum Gasteiger partial charge on any atom is -0.250 e. The number of hydrogen-bond acceptors (Lipinski definition) is 1. The van der Waals surface area contributed by atoms with Gasteiger partial charge in [-0.05, 0) is 31.7 Å². The topological polar surface area (TPSA) is 24.7 Å². The molecule has 1 aromatic carbocycles. The fraction of sp³-hybridized carbons (Fsp3) is 0.167. The van der Waals surface area contributed by atoms with E-state index in [9.17, 15) is 0 Å². The second-order valence-electron chi connectivity index (χ2n) is 3.01. The van der Waals surface area contributed by atoms with Crippen LogP contribution in [0.2, 0.25) is 0 Å². The number of amidine groups is 1. The predicted molar refractivity (Wildman–Crippen MR) is 62.8 cm³/mol. The van der Waals surface area contributed by atoms with Crippen LogP contribution in [0, 0.1) is 0 Å². The normalized spacial score (nSPS) is 12.7. The van der Waals surface area contributed by atoms with Crippen LogP contribution in [-0.2, 0) is 0 Å². The zero-order chi connectivity index (χ0) is 10.4. The molecule has 0 aliphatic carbocycles. The minimum atomic E-state index is 0.681. The van der Waals surface area contributed by atoms with Crippen molar-refractivity contribution < 1.29 is 0 Å². The molecule has 1 aromatic rings. The Balaban J connectivity index is 2.86. The molecule has 0 atom stereocenters. The molecule has 0 aromatic heterocycles. The molecule has 0 aliphatic rings. The highest BCUT2D eigenvalue weighted by Gasteiger charge is 1.91. The smallest absolute Gasteiger partial charge is 0.124 e. The molecule has 2 nitrogen and oxygen atoms in total. The second-order valence-corrected chi connectivity index (χ2v) is 3.01. The minimum absolute atomic E-state index is 0.681. The van der Waals surface area contributed by atoms with Gasteiger partial charge in [0.15, 0.2) is 0 Å². The first-order valence-corrected chi connectivity index (χ1v) is 4.47. The van der Waals surface area contributed by atoms with E-state index in [0.717, 1.165) is 5.57 Å². The van der Waals surface area contributed by atoms with E-state index >= 15 is 0 Å². The molecule has 0 bridgehead atoms. The van der Waals surface area contributed by atoms with Crippen LogP contribution in [0.3, 0.4) is 0 Å². The molecule has 14 heavy (non-hydrogen) atoms. The average molecular weight is 186 g/mol. The first-order chi connectivity index (χ1) is 6.74. The second kappa shape index (κ2) is 5.12. The summed E-state index contributed by atoms with van der Waals surface area (Å²) in [4.78, 5) is 7.85. The third-order valence-electron chi connectivity index (χ3n) is 1.90. The van der Waals surface area contributed by atoms with Crippen molar-refractivity contribution in [2.45, 2.75) is 13.8 Å². The standard InChI is InChI=1S/C12H14N2/c1-10(9-14-11(2)13-3)12-7-5-4-6-8-12/h4-9H,3H2,1-2H3/b10-9+,14-11?. The van der Waals surface area contributed by atoms with Gasteiger partial charge in [-0.1, -0.05) is 30.3 Å². The quantitative estimate of drug-likeness (QED) is 0.500. The fourth-order valence-electron chi connectivity index (χ4n) is 1.01. The van der Waals surface area contributed by atoms with Crippen molar-refractivity contribution in [3.63, 3.8) is 0 Å². The highest BCUT2D eigenvalue weighted by molar-refractivity contribution is 5.85. The maximum absolute atomic E-state index is 4.14. The lowest BCUT2D eigenvalue weighted by atomic mass is 10.1. The lowest BCUT2D eigenvalue weighted by Gasteiger charge is -1.98. The Labute approximate surface area is 84.7 Å². The van der Waals surface area contributed by atoms with Crippen LogP contribution >= 0.6 is 0 Å². The Kier molecular flexibility index (Phi) is 3.80. The summed E-state index contributed by atoms with van der Waals surface area (Å²) in [6.45, 7) is 7.25. The van der Waals surface area contributed by atoms with Gasteiger partial charge < -0.3 is 0 Å². The van der Waals surface area contributed by atoms with Crippen LogP contribution in [0.5, 0.6) is 0 Å².